The molecule has 0 bridgehead atoms. The molecule has 25 heavy (non-hydrogen) atoms. The first-order chi connectivity index (χ1) is 12.0. The molecule has 1 aromatic carbocycles. The van der Waals surface area contributed by atoms with Gasteiger partial charge in [-0.2, -0.15) is 5.10 Å². The van der Waals surface area contributed by atoms with E-state index in [0.29, 0.717) is 11.4 Å². The van der Waals surface area contributed by atoms with Gasteiger partial charge in [0.05, 0.1) is 7.11 Å². The summed E-state index contributed by atoms with van der Waals surface area (Å²) in [6.45, 7) is 4.00. The highest BCUT2D eigenvalue weighted by molar-refractivity contribution is 6.14. The molecule has 2 N–H and O–H groups in total. The molecule has 7 heteroatoms. The fourth-order valence-electron chi connectivity index (χ4n) is 2.97. The summed E-state index contributed by atoms with van der Waals surface area (Å²) in [4.78, 5) is 17.3. The number of ether oxygens (including phenoxy) is 1. The van der Waals surface area contributed by atoms with Gasteiger partial charge in [0.1, 0.15) is 0 Å². The van der Waals surface area contributed by atoms with E-state index in [4.69, 9.17) is 4.74 Å². The van der Waals surface area contributed by atoms with E-state index in [2.05, 4.69) is 20.5 Å². The maximum atomic E-state index is 13.8. The van der Waals surface area contributed by atoms with Crippen LogP contribution in [0, 0.1) is 5.82 Å². The van der Waals surface area contributed by atoms with Gasteiger partial charge in [-0.1, -0.05) is 0 Å². The molecule has 0 atom stereocenters. The number of aromatic amines is 1. The first-order valence-corrected chi connectivity index (χ1v) is 8.28. The topological polar surface area (TPSA) is 79.4 Å². The molecule has 1 aliphatic carbocycles. The molecule has 6 nitrogen and oxygen atoms in total. The highest BCUT2D eigenvalue weighted by Crippen LogP contribution is 2.25. The van der Waals surface area contributed by atoms with Crippen LogP contribution in [0.1, 0.15) is 48.4 Å². The first kappa shape index (κ1) is 17.1. The Labute approximate surface area is 145 Å². The summed E-state index contributed by atoms with van der Waals surface area (Å²) in [6.07, 6.45) is 2.64. The summed E-state index contributed by atoms with van der Waals surface area (Å²) in [6, 6.07) is 4.42. The standard InChI is InChI=1S/C18H21FN4O2/c1-10(2)20-13-5-4-6-14-16(13)17(23-22-14)18(24)21-11-7-8-15(25-3)12(19)9-11/h7-10H,4-6H2,1-3H3,(H,21,24)(H,22,23). The molecule has 0 unspecified atom stereocenters. The van der Waals surface area contributed by atoms with Crippen molar-refractivity contribution in [1.82, 2.24) is 10.2 Å². The maximum absolute atomic E-state index is 13.8. The zero-order valence-electron chi connectivity index (χ0n) is 14.5. The SMILES string of the molecule is COc1ccc(NC(=O)c2n[nH]c3c2C(=NC(C)C)CCC3)cc1F. The normalized spacial score (nSPS) is 15.3. The minimum atomic E-state index is -0.536. The number of anilines is 1. The molecule has 0 radical (unpaired) electrons. The van der Waals surface area contributed by atoms with E-state index in [9.17, 15) is 9.18 Å². The number of aliphatic imine (C=N–C) groups is 1. The lowest BCUT2D eigenvalue weighted by Gasteiger charge is -2.16. The van der Waals surface area contributed by atoms with Crippen LogP contribution in [0.4, 0.5) is 10.1 Å². The number of aryl methyl sites for hydroxylation is 1. The van der Waals surface area contributed by atoms with Gasteiger partial charge in [0.15, 0.2) is 17.3 Å². The summed E-state index contributed by atoms with van der Waals surface area (Å²) in [7, 11) is 1.39. The van der Waals surface area contributed by atoms with Crippen LogP contribution < -0.4 is 10.1 Å². The summed E-state index contributed by atoms with van der Waals surface area (Å²) in [5.41, 5.74) is 3.25. The van der Waals surface area contributed by atoms with Crippen LogP contribution in [0.3, 0.4) is 0 Å². The molecule has 1 amide bonds. The van der Waals surface area contributed by atoms with Gasteiger partial charge in [0.25, 0.3) is 5.91 Å². The molecule has 1 aromatic heterocycles. The van der Waals surface area contributed by atoms with Crippen molar-refractivity contribution in [3.8, 4) is 5.75 Å². The van der Waals surface area contributed by atoms with Crippen LogP contribution in [0.25, 0.3) is 0 Å². The summed E-state index contributed by atoms with van der Waals surface area (Å²) >= 11 is 0. The number of nitrogens with zero attached hydrogens (tertiary/aromatic N) is 2. The smallest absolute Gasteiger partial charge is 0.276 e. The number of carbonyl (C=O) groups is 1. The van der Waals surface area contributed by atoms with Crippen LogP contribution in [0.15, 0.2) is 23.2 Å². The first-order valence-electron chi connectivity index (χ1n) is 8.28. The second-order valence-electron chi connectivity index (χ2n) is 6.25. The van der Waals surface area contributed by atoms with Crippen LogP contribution in [0.5, 0.6) is 5.75 Å². The number of rotatable bonds is 4. The van der Waals surface area contributed by atoms with Gasteiger partial charge in [-0.15, -0.1) is 0 Å². The van der Waals surface area contributed by atoms with Crippen molar-refractivity contribution in [2.45, 2.75) is 39.2 Å². The highest BCUT2D eigenvalue weighted by Gasteiger charge is 2.26. The fraction of sp³-hybridized carbons (Fsp3) is 0.389. The number of carbonyl (C=O) groups excluding carboxylic acids is 1. The molecule has 0 saturated carbocycles. The summed E-state index contributed by atoms with van der Waals surface area (Å²) in [5, 5.41) is 9.80. The lowest BCUT2D eigenvalue weighted by molar-refractivity contribution is 0.102. The van der Waals surface area contributed by atoms with Gasteiger partial charge >= 0.3 is 0 Å². The molecule has 0 fully saturated rings. The van der Waals surface area contributed by atoms with E-state index in [0.717, 1.165) is 36.2 Å². The van der Waals surface area contributed by atoms with E-state index in [1.165, 1.54) is 19.2 Å². The lowest BCUT2D eigenvalue weighted by atomic mass is 9.93. The number of methoxy groups -OCH3 is 1. The Bertz CT molecular complexity index is 826. The van der Waals surface area contributed by atoms with E-state index >= 15 is 0 Å². The summed E-state index contributed by atoms with van der Waals surface area (Å²) in [5.74, 6) is -0.798. The van der Waals surface area contributed by atoms with Crippen molar-refractivity contribution in [2.75, 3.05) is 12.4 Å². The Balaban J connectivity index is 1.89. The van der Waals surface area contributed by atoms with Crippen molar-refractivity contribution in [3.05, 3.63) is 41.0 Å². The Morgan fingerprint density at radius 1 is 1.40 bits per heavy atom. The van der Waals surface area contributed by atoms with E-state index < -0.39 is 5.82 Å². The van der Waals surface area contributed by atoms with Gasteiger partial charge in [-0.3, -0.25) is 14.9 Å². The number of aromatic nitrogens is 2. The van der Waals surface area contributed by atoms with Crippen molar-refractivity contribution in [3.63, 3.8) is 0 Å². The van der Waals surface area contributed by atoms with Crippen LogP contribution in [0.2, 0.25) is 0 Å². The molecule has 0 aliphatic heterocycles. The predicted octanol–water partition coefficient (Wildman–Crippen LogP) is 3.34. The Kier molecular flexibility index (Phi) is 4.83. The zero-order valence-corrected chi connectivity index (χ0v) is 14.5. The zero-order chi connectivity index (χ0) is 18.0. The van der Waals surface area contributed by atoms with Gasteiger partial charge in [0.2, 0.25) is 0 Å². The number of halogens is 1. The van der Waals surface area contributed by atoms with Crippen molar-refractivity contribution < 1.29 is 13.9 Å². The molecule has 2 aromatic rings. The van der Waals surface area contributed by atoms with Gasteiger partial charge in [0, 0.05) is 34.8 Å². The van der Waals surface area contributed by atoms with Crippen molar-refractivity contribution in [1.29, 1.82) is 0 Å². The Morgan fingerprint density at radius 2 is 2.20 bits per heavy atom. The van der Waals surface area contributed by atoms with E-state index in [1.54, 1.807) is 6.07 Å². The third-order valence-corrected chi connectivity index (χ3v) is 4.01. The van der Waals surface area contributed by atoms with E-state index in [1.807, 2.05) is 13.8 Å². The number of hydrogen-bond donors (Lipinski definition) is 2. The van der Waals surface area contributed by atoms with Crippen LogP contribution in [-0.2, 0) is 6.42 Å². The quantitative estimate of drug-likeness (QED) is 0.893. The second kappa shape index (κ2) is 7.04. The molecular formula is C18H21FN4O2. The third-order valence-electron chi connectivity index (χ3n) is 4.01. The maximum Gasteiger partial charge on any atom is 0.276 e. The number of benzene rings is 1. The molecule has 0 saturated heterocycles. The molecule has 3 rings (SSSR count). The minimum Gasteiger partial charge on any atom is -0.494 e. The summed E-state index contributed by atoms with van der Waals surface area (Å²) < 4.78 is 18.7. The second-order valence-corrected chi connectivity index (χ2v) is 6.25. The third kappa shape index (κ3) is 3.55. The number of amides is 1. The Hall–Kier alpha value is -2.70. The highest BCUT2D eigenvalue weighted by atomic mass is 19.1. The molecule has 1 aliphatic rings. The molecule has 132 valence electrons. The number of H-pyrrole nitrogens is 1. The van der Waals surface area contributed by atoms with E-state index in [-0.39, 0.29) is 17.7 Å². The average Bonchev–Trinajstić information content (AvgIpc) is 3.00. The molecular weight excluding hydrogens is 323 g/mol. The van der Waals surface area contributed by atoms with Gasteiger partial charge in [-0.25, -0.2) is 4.39 Å². The number of nitrogens with one attached hydrogen (secondary N) is 2. The van der Waals surface area contributed by atoms with Gasteiger partial charge in [-0.05, 0) is 45.2 Å². The number of fused-ring (bicyclic) bond motifs is 1. The van der Waals surface area contributed by atoms with Crippen molar-refractivity contribution >= 4 is 17.3 Å². The minimum absolute atomic E-state index is 0.126. The Morgan fingerprint density at radius 3 is 2.88 bits per heavy atom. The molecule has 0 spiro atoms. The largest absolute Gasteiger partial charge is 0.494 e. The van der Waals surface area contributed by atoms with Crippen molar-refractivity contribution in [2.24, 2.45) is 4.99 Å². The monoisotopic (exact) mass is 344 g/mol. The fourth-order valence-corrected chi connectivity index (χ4v) is 2.97. The van der Waals surface area contributed by atoms with Crippen LogP contribution >= 0.6 is 0 Å². The molecule has 1 heterocycles. The van der Waals surface area contributed by atoms with Gasteiger partial charge < -0.3 is 10.1 Å². The average molecular weight is 344 g/mol. The lowest BCUT2D eigenvalue weighted by Crippen LogP contribution is -2.20. The number of hydrogen-bond acceptors (Lipinski definition) is 4. The predicted molar refractivity (Wildman–Crippen MR) is 94.1 cm³/mol. The van der Waals surface area contributed by atoms with Crippen LogP contribution in [-0.4, -0.2) is 35.0 Å².